The molecule has 0 spiro atoms. The zero-order chi connectivity index (χ0) is 36.0. The van der Waals surface area contributed by atoms with Crippen molar-refractivity contribution in [3.05, 3.63) is 181 Å². The van der Waals surface area contributed by atoms with Crippen molar-refractivity contribution in [2.75, 3.05) is 0 Å². The Labute approximate surface area is 313 Å². The van der Waals surface area contributed by atoms with E-state index in [4.69, 9.17) is 14.4 Å². The number of aromatic nitrogens is 2. The Morgan fingerprint density at radius 2 is 1.02 bits per heavy atom. The quantitative estimate of drug-likeness (QED) is 0.184. The first-order valence-corrected chi connectivity index (χ1v) is 18.6. The second-order valence-corrected chi connectivity index (χ2v) is 15.0. The van der Waals surface area contributed by atoms with Crippen LogP contribution in [0, 0.1) is 0 Å². The van der Waals surface area contributed by atoms with E-state index in [0.717, 1.165) is 61.1 Å². The van der Waals surface area contributed by atoms with Crippen molar-refractivity contribution < 1.29 is 4.42 Å². The van der Waals surface area contributed by atoms with Crippen LogP contribution in [0.15, 0.2) is 174 Å². The third-order valence-electron chi connectivity index (χ3n) is 11.5. The third-order valence-corrected chi connectivity index (χ3v) is 11.5. The van der Waals surface area contributed by atoms with Crippen LogP contribution in [0.1, 0.15) is 25.0 Å². The Balaban J connectivity index is 1.12. The normalized spacial score (nSPS) is 13.1. The van der Waals surface area contributed by atoms with Gasteiger partial charge in [-0.05, 0) is 97.4 Å². The van der Waals surface area contributed by atoms with Crippen LogP contribution >= 0.6 is 0 Å². The minimum absolute atomic E-state index is 0.155. The predicted octanol–water partition coefficient (Wildman–Crippen LogP) is 13.7. The minimum atomic E-state index is -0.155. The smallest absolute Gasteiger partial charge is 0.160 e. The predicted molar refractivity (Wildman–Crippen MR) is 224 cm³/mol. The molecule has 0 saturated carbocycles. The molecule has 10 aromatic rings. The van der Waals surface area contributed by atoms with Gasteiger partial charge in [-0.1, -0.05) is 141 Å². The molecule has 1 aliphatic carbocycles. The van der Waals surface area contributed by atoms with Crippen molar-refractivity contribution in [2.24, 2.45) is 0 Å². The van der Waals surface area contributed by atoms with Crippen molar-refractivity contribution in [1.29, 1.82) is 0 Å². The van der Waals surface area contributed by atoms with Gasteiger partial charge in [0.25, 0.3) is 0 Å². The maximum absolute atomic E-state index is 6.37. The van der Waals surface area contributed by atoms with E-state index >= 15 is 0 Å². The first kappa shape index (κ1) is 30.8. The average Bonchev–Trinajstić information content (AvgIpc) is 3.69. The summed E-state index contributed by atoms with van der Waals surface area (Å²) >= 11 is 0. The molecule has 2 aromatic heterocycles. The number of rotatable bonds is 4. The van der Waals surface area contributed by atoms with Gasteiger partial charge in [-0.15, -0.1) is 0 Å². The summed E-state index contributed by atoms with van der Waals surface area (Å²) < 4.78 is 6.37. The molecule has 2 heterocycles. The summed E-state index contributed by atoms with van der Waals surface area (Å²) in [6, 6.07) is 60.6. The highest BCUT2D eigenvalue weighted by Crippen LogP contribution is 2.53. The fourth-order valence-electron chi connectivity index (χ4n) is 8.71. The van der Waals surface area contributed by atoms with Gasteiger partial charge in [-0.25, -0.2) is 9.97 Å². The lowest BCUT2D eigenvalue weighted by atomic mass is 9.81. The summed E-state index contributed by atoms with van der Waals surface area (Å²) in [4.78, 5) is 10.6. The summed E-state index contributed by atoms with van der Waals surface area (Å²) in [5, 5.41) is 7.10. The number of fused-ring (bicyclic) bond motifs is 8. The van der Waals surface area contributed by atoms with Crippen LogP contribution in [0.2, 0.25) is 0 Å². The van der Waals surface area contributed by atoms with Crippen LogP contribution in [0.5, 0.6) is 0 Å². The molecule has 8 aromatic carbocycles. The van der Waals surface area contributed by atoms with Crippen LogP contribution in [0.3, 0.4) is 0 Å². The highest BCUT2D eigenvalue weighted by molar-refractivity contribution is 6.11. The molecule has 0 unspecified atom stereocenters. The molecule has 0 bridgehead atoms. The Bertz CT molecular complexity index is 3130. The fourth-order valence-corrected chi connectivity index (χ4v) is 8.71. The van der Waals surface area contributed by atoms with Gasteiger partial charge in [0.2, 0.25) is 0 Å². The van der Waals surface area contributed by atoms with Gasteiger partial charge < -0.3 is 4.42 Å². The zero-order valence-electron chi connectivity index (χ0n) is 30.0. The monoisotopic (exact) mass is 690 g/mol. The molecule has 0 amide bonds. The van der Waals surface area contributed by atoms with E-state index in [2.05, 4.69) is 178 Å². The van der Waals surface area contributed by atoms with Crippen LogP contribution < -0.4 is 0 Å². The number of benzene rings is 8. The van der Waals surface area contributed by atoms with Gasteiger partial charge in [0.15, 0.2) is 5.82 Å². The Kier molecular flexibility index (Phi) is 6.60. The number of hydrogen-bond acceptors (Lipinski definition) is 3. The van der Waals surface area contributed by atoms with Crippen molar-refractivity contribution in [2.45, 2.75) is 19.3 Å². The van der Waals surface area contributed by atoms with Gasteiger partial charge in [-0.3, -0.25) is 0 Å². The first-order valence-electron chi connectivity index (χ1n) is 18.6. The van der Waals surface area contributed by atoms with E-state index in [-0.39, 0.29) is 5.41 Å². The van der Waals surface area contributed by atoms with Crippen LogP contribution in [-0.4, -0.2) is 9.97 Å². The molecule has 0 fully saturated rings. The lowest BCUT2D eigenvalue weighted by molar-refractivity contribution is 0.661. The maximum Gasteiger partial charge on any atom is 0.160 e. The topological polar surface area (TPSA) is 38.9 Å². The average molecular weight is 691 g/mol. The van der Waals surface area contributed by atoms with E-state index in [1.165, 1.54) is 43.8 Å². The second kappa shape index (κ2) is 11.6. The summed E-state index contributed by atoms with van der Waals surface area (Å²) in [6.45, 7) is 4.69. The lowest BCUT2D eigenvalue weighted by Gasteiger charge is -2.22. The summed E-state index contributed by atoms with van der Waals surface area (Å²) in [7, 11) is 0. The number of furan rings is 1. The zero-order valence-corrected chi connectivity index (χ0v) is 30.0. The molecule has 54 heavy (non-hydrogen) atoms. The van der Waals surface area contributed by atoms with E-state index in [0.29, 0.717) is 5.82 Å². The van der Waals surface area contributed by atoms with Crippen molar-refractivity contribution >= 4 is 43.5 Å². The second-order valence-electron chi connectivity index (χ2n) is 15.0. The molecule has 0 atom stereocenters. The molecule has 254 valence electrons. The molecule has 11 rings (SSSR count). The largest absolute Gasteiger partial charge is 0.456 e. The molecule has 0 saturated heterocycles. The standard InChI is InChI=1S/C51H34N2O/c1-51(2)43-22-12-21-39(49(43)42-26-33-16-6-8-17-34(33)28-44(42)51)46-30-45(52-50(53-46)31-13-4-3-5-14-31)38-20-11-10-19-37(38)36-23-24-47-40(27-36)41-25-32-15-7-9-18-35(32)29-48(41)54-47/h3-30H,1-2H3. The molecule has 3 heteroatoms. The molecule has 0 N–H and O–H groups in total. The van der Waals surface area contributed by atoms with Crippen LogP contribution in [0.25, 0.3) is 99.6 Å². The van der Waals surface area contributed by atoms with Crippen molar-refractivity contribution in [3.63, 3.8) is 0 Å². The lowest BCUT2D eigenvalue weighted by Crippen LogP contribution is -2.14. The molecule has 1 aliphatic rings. The highest BCUT2D eigenvalue weighted by atomic mass is 16.3. The van der Waals surface area contributed by atoms with Gasteiger partial charge in [0, 0.05) is 32.9 Å². The van der Waals surface area contributed by atoms with Gasteiger partial charge in [-0.2, -0.15) is 0 Å². The highest BCUT2D eigenvalue weighted by Gasteiger charge is 2.37. The Morgan fingerprint density at radius 1 is 0.407 bits per heavy atom. The molecular weight excluding hydrogens is 657 g/mol. The van der Waals surface area contributed by atoms with E-state index < -0.39 is 0 Å². The van der Waals surface area contributed by atoms with Crippen LogP contribution in [0.4, 0.5) is 0 Å². The van der Waals surface area contributed by atoms with Crippen molar-refractivity contribution in [1.82, 2.24) is 9.97 Å². The molecule has 0 aliphatic heterocycles. The Morgan fingerprint density at radius 3 is 1.80 bits per heavy atom. The summed E-state index contributed by atoms with van der Waals surface area (Å²) in [5.41, 5.74) is 14.0. The number of hydrogen-bond donors (Lipinski definition) is 0. The van der Waals surface area contributed by atoms with Gasteiger partial charge >= 0.3 is 0 Å². The van der Waals surface area contributed by atoms with Gasteiger partial charge in [0.05, 0.1) is 11.4 Å². The molecule has 0 radical (unpaired) electrons. The fraction of sp³-hybridized carbons (Fsp3) is 0.0588. The van der Waals surface area contributed by atoms with Crippen molar-refractivity contribution in [3.8, 4) is 56.2 Å². The summed E-state index contributed by atoms with van der Waals surface area (Å²) in [6.07, 6.45) is 0. The maximum atomic E-state index is 6.37. The molecule has 3 nitrogen and oxygen atoms in total. The van der Waals surface area contributed by atoms with E-state index in [1.54, 1.807) is 0 Å². The molecular formula is C51H34N2O. The number of nitrogens with zero attached hydrogens (tertiary/aromatic N) is 2. The SMILES string of the molecule is CC1(C)c2cc3ccccc3cc2-c2c(-c3cc(-c4ccccc4-c4ccc5oc6cc7ccccc7cc6c5c4)nc(-c4ccccc4)n3)cccc21. The van der Waals surface area contributed by atoms with Crippen LogP contribution in [-0.2, 0) is 5.41 Å². The minimum Gasteiger partial charge on any atom is -0.456 e. The van der Waals surface area contributed by atoms with E-state index in [9.17, 15) is 0 Å². The van der Waals surface area contributed by atoms with Gasteiger partial charge in [0.1, 0.15) is 11.2 Å². The third kappa shape index (κ3) is 4.68. The first-order chi connectivity index (χ1) is 26.5. The Hall–Kier alpha value is -6.84. The summed E-state index contributed by atoms with van der Waals surface area (Å²) in [5.74, 6) is 0.703. The van der Waals surface area contributed by atoms with E-state index in [1.807, 2.05) is 6.07 Å².